The number of aliphatic carboxylic acids is 1. The predicted octanol–water partition coefficient (Wildman–Crippen LogP) is 2.96. The van der Waals surface area contributed by atoms with Crippen molar-refractivity contribution in [3.63, 3.8) is 0 Å². The number of hydrogen-bond acceptors (Lipinski definition) is 2. The fourth-order valence-electron chi connectivity index (χ4n) is 1.88. The fraction of sp³-hybridized carbons (Fsp3) is 0.467. The van der Waals surface area contributed by atoms with Crippen LogP contribution in [-0.4, -0.2) is 41.1 Å². The normalized spacial score (nSPS) is 11.1. The van der Waals surface area contributed by atoms with Crippen LogP contribution in [0.5, 0.6) is 0 Å². The topological polar surface area (TPSA) is 60.9 Å². The maximum atomic E-state index is 12.9. The molecule has 0 aliphatic heterocycles. The van der Waals surface area contributed by atoms with Crippen molar-refractivity contribution in [2.45, 2.75) is 32.7 Å². The summed E-state index contributed by atoms with van der Waals surface area (Å²) < 4.78 is 12.9. The lowest BCUT2D eigenvalue weighted by atomic mass is 10.1. The van der Waals surface area contributed by atoms with Gasteiger partial charge in [-0.15, -0.1) is 0 Å². The van der Waals surface area contributed by atoms with Gasteiger partial charge in [-0.3, -0.25) is 9.69 Å². The zero-order chi connectivity index (χ0) is 16.2. The number of benzene rings is 1. The van der Waals surface area contributed by atoms with Gasteiger partial charge in [0.25, 0.3) is 0 Å². The third kappa shape index (κ3) is 4.73. The largest absolute Gasteiger partial charge is 0.481 e. The van der Waals surface area contributed by atoms with E-state index in [1.165, 1.54) is 34.1 Å². The van der Waals surface area contributed by atoms with E-state index < -0.39 is 11.5 Å². The summed E-state index contributed by atoms with van der Waals surface area (Å²) in [5.74, 6) is -1.33. The maximum absolute atomic E-state index is 12.9. The summed E-state index contributed by atoms with van der Waals surface area (Å²) in [4.78, 5) is 26.2. The molecule has 21 heavy (non-hydrogen) atoms. The molecule has 116 valence electrons. The van der Waals surface area contributed by atoms with E-state index in [9.17, 15) is 14.0 Å². The molecule has 0 atom stereocenters. The predicted molar refractivity (Wildman–Crippen MR) is 78.9 cm³/mol. The Balaban J connectivity index is 2.93. The van der Waals surface area contributed by atoms with E-state index in [1.807, 2.05) is 20.8 Å². The van der Waals surface area contributed by atoms with E-state index >= 15 is 0 Å². The Bertz CT molecular complexity index is 509. The number of carbonyl (C=O) groups is 2. The van der Waals surface area contributed by atoms with Gasteiger partial charge in [-0.25, -0.2) is 9.18 Å². The van der Waals surface area contributed by atoms with Crippen LogP contribution in [0.25, 0.3) is 0 Å². The molecular weight excluding hydrogens is 275 g/mol. The van der Waals surface area contributed by atoms with Crippen LogP contribution in [0.15, 0.2) is 24.3 Å². The molecule has 0 saturated heterocycles. The first kappa shape index (κ1) is 16.9. The van der Waals surface area contributed by atoms with Gasteiger partial charge >= 0.3 is 12.0 Å². The lowest BCUT2D eigenvalue weighted by Crippen LogP contribution is -2.51. The highest BCUT2D eigenvalue weighted by Gasteiger charge is 2.29. The summed E-state index contributed by atoms with van der Waals surface area (Å²) in [6.45, 7) is 5.63. The molecule has 0 aliphatic carbocycles. The maximum Gasteiger partial charge on any atom is 0.324 e. The van der Waals surface area contributed by atoms with Crippen molar-refractivity contribution in [3.8, 4) is 0 Å². The summed E-state index contributed by atoms with van der Waals surface area (Å²) in [5, 5.41) is 8.80. The monoisotopic (exact) mass is 296 g/mol. The molecule has 0 heterocycles. The quantitative estimate of drug-likeness (QED) is 0.929. The number of nitrogens with zero attached hydrogens (tertiary/aromatic N) is 2. The van der Waals surface area contributed by atoms with Gasteiger partial charge in [-0.2, -0.15) is 0 Å². The second kappa shape index (κ2) is 6.56. The second-order valence-corrected chi connectivity index (χ2v) is 5.78. The molecule has 0 bridgehead atoms. The van der Waals surface area contributed by atoms with E-state index in [4.69, 9.17) is 5.11 Å². The molecule has 5 nitrogen and oxygen atoms in total. The Morgan fingerprint density at radius 1 is 1.19 bits per heavy atom. The van der Waals surface area contributed by atoms with E-state index in [0.29, 0.717) is 5.69 Å². The van der Waals surface area contributed by atoms with Crippen molar-refractivity contribution in [3.05, 3.63) is 30.1 Å². The van der Waals surface area contributed by atoms with Gasteiger partial charge in [0.15, 0.2) is 0 Å². The molecular formula is C15H21FN2O3. The number of anilines is 1. The summed E-state index contributed by atoms with van der Waals surface area (Å²) in [5.41, 5.74) is 0.0341. The van der Waals surface area contributed by atoms with E-state index in [2.05, 4.69) is 0 Å². The molecule has 1 rings (SSSR count). The zero-order valence-corrected chi connectivity index (χ0v) is 12.8. The molecule has 0 aromatic heterocycles. The Kier molecular flexibility index (Phi) is 5.29. The van der Waals surface area contributed by atoms with Gasteiger partial charge in [-0.1, -0.05) is 0 Å². The van der Waals surface area contributed by atoms with Crippen LogP contribution in [0.3, 0.4) is 0 Å². The first-order valence-electron chi connectivity index (χ1n) is 6.65. The van der Waals surface area contributed by atoms with Crippen LogP contribution in [-0.2, 0) is 4.79 Å². The summed E-state index contributed by atoms with van der Waals surface area (Å²) in [7, 11) is 1.58. The van der Waals surface area contributed by atoms with E-state index in [0.717, 1.165) is 0 Å². The molecule has 0 saturated carbocycles. The average molecular weight is 296 g/mol. The summed E-state index contributed by atoms with van der Waals surface area (Å²) in [6.07, 6.45) is -0.125. The molecule has 0 fully saturated rings. The standard InChI is InChI=1S/C15H21FN2O3/c1-15(2,3)18(10-9-13(19)20)14(21)17(4)12-7-5-11(16)6-8-12/h5-8H,9-10H2,1-4H3,(H,19,20). The van der Waals surface area contributed by atoms with Crippen LogP contribution in [0.1, 0.15) is 27.2 Å². The summed E-state index contributed by atoms with van der Waals surface area (Å²) in [6, 6.07) is 5.24. The van der Waals surface area contributed by atoms with Crippen LogP contribution in [0.2, 0.25) is 0 Å². The number of carboxylic acid groups (broad SMARTS) is 1. The van der Waals surface area contributed by atoms with Crippen molar-refractivity contribution in [1.29, 1.82) is 0 Å². The molecule has 6 heteroatoms. The van der Waals surface area contributed by atoms with Gasteiger partial charge in [0, 0.05) is 24.8 Å². The highest BCUT2D eigenvalue weighted by atomic mass is 19.1. The third-order valence-electron chi connectivity index (χ3n) is 3.09. The van der Waals surface area contributed by atoms with Gasteiger partial charge in [-0.05, 0) is 45.0 Å². The molecule has 1 aromatic carbocycles. The first-order chi connectivity index (χ1) is 9.62. The minimum absolute atomic E-state index is 0.114. The smallest absolute Gasteiger partial charge is 0.324 e. The number of urea groups is 1. The van der Waals surface area contributed by atoms with Crippen LogP contribution in [0.4, 0.5) is 14.9 Å². The molecule has 0 radical (unpaired) electrons. The van der Waals surface area contributed by atoms with Crippen molar-refractivity contribution < 1.29 is 19.1 Å². The van der Waals surface area contributed by atoms with E-state index in [1.54, 1.807) is 7.05 Å². The van der Waals surface area contributed by atoms with Crippen molar-refractivity contribution in [2.75, 3.05) is 18.5 Å². The number of amides is 2. The van der Waals surface area contributed by atoms with Crippen molar-refractivity contribution >= 4 is 17.7 Å². The third-order valence-corrected chi connectivity index (χ3v) is 3.09. The second-order valence-electron chi connectivity index (χ2n) is 5.78. The Morgan fingerprint density at radius 2 is 1.71 bits per heavy atom. The van der Waals surface area contributed by atoms with Gasteiger partial charge in [0.05, 0.1) is 6.42 Å². The number of halogens is 1. The molecule has 0 unspecified atom stereocenters. The zero-order valence-electron chi connectivity index (χ0n) is 12.8. The number of carbonyl (C=O) groups excluding carboxylic acids is 1. The van der Waals surface area contributed by atoms with Gasteiger partial charge < -0.3 is 10.0 Å². The molecule has 0 spiro atoms. The highest BCUT2D eigenvalue weighted by molar-refractivity contribution is 5.92. The highest BCUT2D eigenvalue weighted by Crippen LogP contribution is 2.20. The molecule has 1 N–H and O–H groups in total. The lowest BCUT2D eigenvalue weighted by Gasteiger charge is -2.38. The van der Waals surface area contributed by atoms with Gasteiger partial charge in [0.2, 0.25) is 0 Å². The Hall–Kier alpha value is -2.11. The average Bonchev–Trinajstić information content (AvgIpc) is 2.36. The minimum atomic E-state index is -0.957. The van der Waals surface area contributed by atoms with Crippen LogP contribution >= 0.6 is 0 Å². The Morgan fingerprint density at radius 3 is 2.14 bits per heavy atom. The van der Waals surface area contributed by atoms with Crippen molar-refractivity contribution in [2.24, 2.45) is 0 Å². The van der Waals surface area contributed by atoms with Crippen LogP contribution in [0, 0.1) is 5.82 Å². The van der Waals surface area contributed by atoms with Gasteiger partial charge in [0.1, 0.15) is 5.82 Å². The minimum Gasteiger partial charge on any atom is -0.481 e. The number of rotatable bonds is 4. The first-order valence-corrected chi connectivity index (χ1v) is 6.65. The lowest BCUT2D eigenvalue weighted by molar-refractivity contribution is -0.137. The Labute approximate surface area is 124 Å². The molecule has 2 amide bonds. The summed E-state index contributed by atoms with van der Waals surface area (Å²) >= 11 is 0. The van der Waals surface area contributed by atoms with Crippen molar-refractivity contribution in [1.82, 2.24) is 4.90 Å². The molecule has 1 aromatic rings. The molecule has 0 aliphatic rings. The number of hydrogen-bond donors (Lipinski definition) is 1. The van der Waals surface area contributed by atoms with Crippen LogP contribution < -0.4 is 4.90 Å². The fourth-order valence-corrected chi connectivity index (χ4v) is 1.88. The SMILES string of the molecule is CN(C(=O)N(CCC(=O)O)C(C)(C)C)c1ccc(F)cc1. The van der Waals surface area contributed by atoms with E-state index in [-0.39, 0.29) is 24.8 Å². The number of carboxylic acids is 1.